The molecule has 0 bridgehead atoms. The number of carbonyl (C=O) groups excluding carboxylic acids is 2. The Balaban J connectivity index is 1.71. The number of hydrogen-bond acceptors (Lipinski definition) is 7. The van der Waals surface area contributed by atoms with Gasteiger partial charge in [0.1, 0.15) is 5.75 Å². The van der Waals surface area contributed by atoms with Crippen molar-refractivity contribution in [3.05, 3.63) is 70.2 Å². The van der Waals surface area contributed by atoms with E-state index in [1.807, 2.05) is 30.5 Å². The number of rotatable bonds is 9. The molecule has 4 rings (SSSR count). The second-order valence-electron chi connectivity index (χ2n) is 7.92. The monoisotopic (exact) mass is 494 g/mol. The number of fused-ring (bicyclic) bond motifs is 1. The van der Waals surface area contributed by atoms with Crippen molar-refractivity contribution in [2.75, 3.05) is 27.3 Å². The van der Waals surface area contributed by atoms with Gasteiger partial charge in [0.15, 0.2) is 0 Å². The SMILES string of the molecule is COC(=O)CCN(CCn1cccn1)C(=O)c1cc2c(OC)ccc(-c3ccc(=O)n(C)c3)c2s1. The molecule has 3 heterocycles. The minimum absolute atomic E-state index is 0.0961. The minimum atomic E-state index is -0.378. The number of ether oxygens (including phenoxy) is 2. The highest BCUT2D eigenvalue weighted by Crippen LogP contribution is 2.40. The summed E-state index contributed by atoms with van der Waals surface area (Å²) in [5.41, 5.74) is 1.67. The molecule has 0 aliphatic carbocycles. The van der Waals surface area contributed by atoms with Crippen LogP contribution in [0.25, 0.3) is 21.2 Å². The van der Waals surface area contributed by atoms with Gasteiger partial charge in [0.2, 0.25) is 5.56 Å². The lowest BCUT2D eigenvalue weighted by Gasteiger charge is -2.21. The van der Waals surface area contributed by atoms with E-state index in [1.54, 1.807) is 42.2 Å². The third-order valence-corrected chi connectivity index (χ3v) is 6.89. The zero-order valence-electron chi connectivity index (χ0n) is 19.8. The molecule has 1 amide bonds. The van der Waals surface area contributed by atoms with E-state index in [9.17, 15) is 14.4 Å². The van der Waals surface area contributed by atoms with Gasteiger partial charge in [-0.25, -0.2) is 0 Å². The molecule has 0 aliphatic heterocycles. The van der Waals surface area contributed by atoms with Gasteiger partial charge in [-0.05, 0) is 35.9 Å². The second kappa shape index (κ2) is 10.6. The van der Waals surface area contributed by atoms with E-state index in [0.717, 1.165) is 21.2 Å². The number of esters is 1. The van der Waals surface area contributed by atoms with E-state index in [-0.39, 0.29) is 30.4 Å². The third kappa shape index (κ3) is 5.27. The summed E-state index contributed by atoms with van der Waals surface area (Å²) >= 11 is 1.36. The van der Waals surface area contributed by atoms with Crippen LogP contribution in [0.4, 0.5) is 0 Å². The average Bonchev–Trinajstić information content (AvgIpc) is 3.55. The van der Waals surface area contributed by atoms with Crippen LogP contribution in [-0.4, -0.2) is 58.4 Å². The summed E-state index contributed by atoms with van der Waals surface area (Å²) < 4.78 is 14.5. The Morgan fingerprint density at radius 1 is 1.14 bits per heavy atom. The van der Waals surface area contributed by atoms with Crippen molar-refractivity contribution in [1.82, 2.24) is 19.2 Å². The van der Waals surface area contributed by atoms with Crippen molar-refractivity contribution in [1.29, 1.82) is 0 Å². The van der Waals surface area contributed by atoms with Crippen LogP contribution < -0.4 is 10.3 Å². The molecule has 0 atom stereocenters. The molecule has 9 nitrogen and oxygen atoms in total. The highest BCUT2D eigenvalue weighted by molar-refractivity contribution is 7.21. The Hall–Kier alpha value is -3.92. The van der Waals surface area contributed by atoms with Crippen LogP contribution in [-0.2, 0) is 23.1 Å². The van der Waals surface area contributed by atoms with Gasteiger partial charge < -0.3 is 18.9 Å². The van der Waals surface area contributed by atoms with Gasteiger partial charge in [-0.15, -0.1) is 11.3 Å². The van der Waals surface area contributed by atoms with Crippen LogP contribution in [0.5, 0.6) is 5.75 Å². The number of thiophene rings is 1. The molecule has 10 heteroatoms. The number of amides is 1. The fourth-order valence-corrected chi connectivity index (χ4v) is 5.00. The fraction of sp³-hybridized carbons (Fsp3) is 0.280. The lowest BCUT2D eigenvalue weighted by molar-refractivity contribution is -0.140. The number of aryl methyl sites for hydroxylation is 1. The molecule has 0 saturated carbocycles. The van der Waals surface area contributed by atoms with Crippen molar-refractivity contribution in [3.8, 4) is 16.9 Å². The van der Waals surface area contributed by atoms with E-state index >= 15 is 0 Å². The first-order chi connectivity index (χ1) is 16.9. The first-order valence-corrected chi connectivity index (χ1v) is 11.8. The molecule has 0 aliphatic rings. The van der Waals surface area contributed by atoms with Gasteiger partial charge in [-0.3, -0.25) is 19.1 Å². The highest BCUT2D eigenvalue weighted by atomic mass is 32.1. The number of carbonyl (C=O) groups is 2. The molecular weight excluding hydrogens is 468 g/mol. The van der Waals surface area contributed by atoms with Crippen LogP contribution in [0, 0.1) is 0 Å². The Morgan fingerprint density at radius 2 is 1.97 bits per heavy atom. The lowest BCUT2D eigenvalue weighted by atomic mass is 10.1. The van der Waals surface area contributed by atoms with Gasteiger partial charge in [0, 0.05) is 60.4 Å². The number of methoxy groups -OCH3 is 2. The number of pyridine rings is 1. The Bertz CT molecular complexity index is 1410. The van der Waals surface area contributed by atoms with Crippen molar-refractivity contribution in [2.45, 2.75) is 13.0 Å². The van der Waals surface area contributed by atoms with Gasteiger partial charge in [0.25, 0.3) is 5.91 Å². The molecule has 182 valence electrons. The van der Waals surface area contributed by atoms with Crippen LogP contribution in [0.3, 0.4) is 0 Å². The van der Waals surface area contributed by atoms with Gasteiger partial charge in [-0.2, -0.15) is 5.10 Å². The van der Waals surface area contributed by atoms with E-state index in [4.69, 9.17) is 9.47 Å². The molecule has 0 spiro atoms. The van der Waals surface area contributed by atoms with E-state index < -0.39 is 0 Å². The van der Waals surface area contributed by atoms with E-state index in [2.05, 4.69) is 5.10 Å². The second-order valence-corrected chi connectivity index (χ2v) is 8.98. The van der Waals surface area contributed by atoms with Gasteiger partial charge in [-0.1, -0.05) is 0 Å². The summed E-state index contributed by atoms with van der Waals surface area (Å²) in [5, 5.41) is 5.01. The summed E-state index contributed by atoms with van der Waals surface area (Å²) in [6.07, 6.45) is 5.38. The van der Waals surface area contributed by atoms with Crippen molar-refractivity contribution in [3.63, 3.8) is 0 Å². The van der Waals surface area contributed by atoms with E-state index in [1.165, 1.54) is 29.1 Å². The predicted molar refractivity (Wildman–Crippen MR) is 134 cm³/mol. The summed E-state index contributed by atoms with van der Waals surface area (Å²) in [4.78, 5) is 39.4. The maximum atomic E-state index is 13.6. The van der Waals surface area contributed by atoms with Crippen molar-refractivity contribution < 1.29 is 19.1 Å². The Morgan fingerprint density at radius 3 is 2.66 bits per heavy atom. The summed E-state index contributed by atoms with van der Waals surface area (Å²) in [6.45, 7) is 1.11. The van der Waals surface area contributed by atoms with Crippen molar-refractivity contribution >= 4 is 33.3 Å². The molecule has 0 radical (unpaired) electrons. The zero-order valence-corrected chi connectivity index (χ0v) is 20.6. The molecule has 1 aromatic carbocycles. The molecule has 35 heavy (non-hydrogen) atoms. The van der Waals surface area contributed by atoms with Crippen LogP contribution in [0.2, 0.25) is 0 Å². The van der Waals surface area contributed by atoms with Gasteiger partial charge >= 0.3 is 5.97 Å². The topological polar surface area (TPSA) is 95.7 Å². The van der Waals surface area contributed by atoms with Crippen LogP contribution in [0.1, 0.15) is 16.1 Å². The zero-order chi connectivity index (χ0) is 24.9. The fourth-order valence-electron chi connectivity index (χ4n) is 3.82. The predicted octanol–water partition coefficient (Wildman–Crippen LogP) is 3.18. The smallest absolute Gasteiger partial charge is 0.307 e. The molecule has 4 aromatic rings. The number of nitrogens with zero attached hydrogens (tertiary/aromatic N) is 4. The third-order valence-electron chi connectivity index (χ3n) is 5.73. The molecular formula is C25H26N4O5S. The highest BCUT2D eigenvalue weighted by Gasteiger charge is 2.22. The molecule has 0 fully saturated rings. The van der Waals surface area contributed by atoms with Crippen molar-refractivity contribution in [2.24, 2.45) is 7.05 Å². The maximum absolute atomic E-state index is 13.6. The standard InChI is InChI=1S/C25H26N4O5S/c1-27-16-17(5-8-22(27)30)18-6-7-20(33-2)19-15-21(35-24(18)19)25(32)28(12-9-23(31)34-3)13-14-29-11-4-10-26-29/h4-8,10-11,15-16H,9,12-14H2,1-3H3. The molecule has 0 unspecified atom stereocenters. The van der Waals surface area contributed by atoms with Crippen LogP contribution in [0.15, 0.2) is 59.8 Å². The largest absolute Gasteiger partial charge is 0.496 e. The average molecular weight is 495 g/mol. The summed E-state index contributed by atoms with van der Waals surface area (Å²) in [7, 11) is 4.62. The molecule has 3 aromatic heterocycles. The maximum Gasteiger partial charge on any atom is 0.307 e. The summed E-state index contributed by atoms with van der Waals surface area (Å²) in [5.74, 6) is 0.0918. The van der Waals surface area contributed by atoms with E-state index in [0.29, 0.717) is 23.7 Å². The first kappa shape index (κ1) is 24.2. The Labute approximate surface area is 206 Å². The number of hydrogen-bond donors (Lipinski definition) is 0. The van der Waals surface area contributed by atoms with Crippen LogP contribution >= 0.6 is 11.3 Å². The molecule has 0 N–H and O–H groups in total. The number of aromatic nitrogens is 3. The number of benzene rings is 1. The molecule has 0 saturated heterocycles. The van der Waals surface area contributed by atoms with Gasteiger partial charge in [0.05, 0.1) is 32.1 Å². The summed E-state index contributed by atoms with van der Waals surface area (Å²) in [6, 6.07) is 10.7. The lowest BCUT2D eigenvalue weighted by Crippen LogP contribution is -2.35. The minimum Gasteiger partial charge on any atom is -0.496 e. The normalized spacial score (nSPS) is 10.9. The Kier molecular flexibility index (Phi) is 7.31. The first-order valence-electron chi connectivity index (χ1n) is 11.0. The quantitative estimate of drug-likeness (QED) is 0.332.